The maximum absolute atomic E-state index is 11.1. The maximum Gasteiger partial charge on any atom is 0.516 e. The van der Waals surface area contributed by atoms with Crippen molar-refractivity contribution in [3.8, 4) is 11.5 Å². The predicted molar refractivity (Wildman–Crippen MR) is 61.3 cm³/mol. The van der Waals surface area contributed by atoms with Gasteiger partial charge in [-0.15, -0.1) is 0 Å². The summed E-state index contributed by atoms with van der Waals surface area (Å²) in [5.41, 5.74) is 0. The van der Waals surface area contributed by atoms with Crippen molar-refractivity contribution >= 4 is 12.1 Å². The van der Waals surface area contributed by atoms with Gasteiger partial charge in [-0.1, -0.05) is 6.58 Å². The number of hydrogen-bond acceptors (Lipinski definition) is 6. The number of esters is 1. The van der Waals surface area contributed by atoms with Crippen LogP contribution in [0.5, 0.6) is 11.5 Å². The molecule has 6 heteroatoms. The minimum Gasteiger partial charge on any atom is -0.497 e. The Labute approximate surface area is 104 Å². The third kappa shape index (κ3) is 4.56. The minimum absolute atomic E-state index is 0.288. The van der Waals surface area contributed by atoms with E-state index in [9.17, 15) is 9.59 Å². The van der Waals surface area contributed by atoms with E-state index in [2.05, 4.69) is 16.1 Å². The van der Waals surface area contributed by atoms with Crippen molar-refractivity contribution in [2.45, 2.75) is 0 Å². The van der Waals surface area contributed by atoms with Crippen molar-refractivity contribution in [2.75, 3.05) is 13.9 Å². The highest BCUT2D eigenvalue weighted by molar-refractivity contribution is 5.81. The Balaban J connectivity index is 2.35. The summed E-state index contributed by atoms with van der Waals surface area (Å²) in [7, 11) is 1.53. The van der Waals surface area contributed by atoms with Gasteiger partial charge in [-0.3, -0.25) is 0 Å². The highest BCUT2D eigenvalue weighted by atomic mass is 16.8. The Morgan fingerprint density at radius 2 is 1.78 bits per heavy atom. The van der Waals surface area contributed by atoms with Crippen LogP contribution in [-0.2, 0) is 14.3 Å². The average Bonchev–Trinajstić information content (AvgIpc) is 2.39. The first kappa shape index (κ1) is 13.6. The number of rotatable bonds is 5. The summed E-state index contributed by atoms with van der Waals surface area (Å²) in [6, 6.07) is 6.33. The van der Waals surface area contributed by atoms with E-state index in [-0.39, 0.29) is 5.75 Å². The summed E-state index contributed by atoms with van der Waals surface area (Å²) >= 11 is 0. The molecule has 0 N–H and O–H groups in total. The zero-order valence-corrected chi connectivity index (χ0v) is 9.75. The number of methoxy groups -OCH3 is 1. The zero-order valence-electron chi connectivity index (χ0n) is 9.75. The van der Waals surface area contributed by atoms with Crippen LogP contribution in [0.3, 0.4) is 0 Å². The molecule has 0 bridgehead atoms. The third-order valence-corrected chi connectivity index (χ3v) is 1.81. The molecule has 0 unspecified atom stereocenters. The monoisotopic (exact) mass is 252 g/mol. The highest BCUT2D eigenvalue weighted by Gasteiger charge is 2.07. The summed E-state index contributed by atoms with van der Waals surface area (Å²) in [6.45, 7) is 2.66. The fourth-order valence-corrected chi connectivity index (χ4v) is 0.964. The van der Waals surface area contributed by atoms with E-state index in [0.29, 0.717) is 5.75 Å². The van der Waals surface area contributed by atoms with E-state index in [1.807, 2.05) is 0 Å². The van der Waals surface area contributed by atoms with Gasteiger partial charge < -0.3 is 18.9 Å². The van der Waals surface area contributed by atoms with E-state index >= 15 is 0 Å². The van der Waals surface area contributed by atoms with E-state index < -0.39 is 18.9 Å². The molecule has 1 aromatic rings. The molecule has 0 aliphatic carbocycles. The number of hydrogen-bond donors (Lipinski definition) is 0. The van der Waals surface area contributed by atoms with Gasteiger partial charge in [-0.05, 0) is 24.3 Å². The largest absolute Gasteiger partial charge is 0.516 e. The van der Waals surface area contributed by atoms with E-state index in [1.54, 1.807) is 12.1 Å². The molecule has 0 aliphatic rings. The molecule has 0 amide bonds. The van der Waals surface area contributed by atoms with E-state index in [0.717, 1.165) is 6.08 Å². The van der Waals surface area contributed by atoms with Crippen molar-refractivity contribution in [3.63, 3.8) is 0 Å². The molecular weight excluding hydrogens is 240 g/mol. The van der Waals surface area contributed by atoms with Gasteiger partial charge in [-0.25, -0.2) is 9.59 Å². The van der Waals surface area contributed by atoms with Crippen LogP contribution in [0.15, 0.2) is 36.9 Å². The molecule has 0 radical (unpaired) electrons. The second-order valence-electron chi connectivity index (χ2n) is 2.96. The van der Waals surface area contributed by atoms with Gasteiger partial charge in [0.05, 0.1) is 7.11 Å². The van der Waals surface area contributed by atoms with Crippen LogP contribution in [0, 0.1) is 0 Å². The Morgan fingerprint density at radius 3 is 2.33 bits per heavy atom. The number of ether oxygens (including phenoxy) is 4. The van der Waals surface area contributed by atoms with Crippen LogP contribution in [0.4, 0.5) is 4.79 Å². The third-order valence-electron chi connectivity index (χ3n) is 1.81. The lowest BCUT2D eigenvalue weighted by Gasteiger charge is -2.06. The fourth-order valence-electron chi connectivity index (χ4n) is 0.964. The van der Waals surface area contributed by atoms with E-state index in [1.165, 1.54) is 19.2 Å². The molecule has 96 valence electrons. The fraction of sp³-hybridized carbons (Fsp3) is 0.167. The molecule has 1 aromatic carbocycles. The van der Waals surface area contributed by atoms with Crippen molar-refractivity contribution in [2.24, 2.45) is 0 Å². The first-order valence-electron chi connectivity index (χ1n) is 4.93. The van der Waals surface area contributed by atoms with Gasteiger partial charge in [0.2, 0.25) is 6.79 Å². The minimum atomic E-state index is -0.975. The summed E-state index contributed by atoms with van der Waals surface area (Å²) in [6.07, 6.45) is -0.0185. The van der Waals surface area contributed by atoms with Crippen LogP contribution < -0.4 is 9.47 Å². The average molecular weight is 252 g/mol. The Hall–Kier alpha value is -2.50. The number of carbonyl (C=O) groups is 2. The lowest BCUT2D eigenvalue weighted by atomic mass is 10.3. The second-order valence-corrected chi connectivity index (χ2v) is 2.96. The van der Waals surface area contributed by atoms with Gasteiger partial charge in [0.25, 0.3) is 0 Å². The molecule has 0 saturated heterocycles. The first-order valence-corrected chi connectivity index (χ1v) is 4.93. The van der Waals surface area contributed by atoms with Crippen LogP contribution >= 0.6 is 0 Å². The zero-order chi connectivity index (χ0) is 13.4. The van der Waals surface area contributed by atoms with Crippen molar-refractivity contribution in [1.29, 1.82) is 0 Å². The van der Waals surface area contributed by atoms with Crippen LogP contribution in [0.25, 0.3) is 0 Å². The normalized spacial score (nSPS) is 9.17. The van der Waals surface area contributed by atoms with Crippen molar-refractivity contribution in [1.82, 2.24) is 0 Å². The molecule has 0 spiro atoms. The second kappa shape index (κ2) is 6.95. The van der Waals surface area contributed by atoms with Crippen molar-refractivity contribution < 1.29 is 28.5 Å². The first-order chi connectivity index (χ1) is 8.65. The molecule has 0 saturated carbocycles. The van der Waals surface area contributed by atoms with Gasteiger partial charge in [0, 0.05) is 6.08 Å². The Bertz CT molecular complexity index is 423. The van der Waals surface area contributed by atoms with Crippen LogP contribution in [0.1, 0.15) is 0 Å². The SMILES string of the molecule is C=CC(=O)OCOC(=O)Oc1ccc(OC)cc1. The molecule has 18 heavy (non-hydrogen) atoms. The van der Waals surface area contributed by atoms with Gasteiger partial charge in [-0.2, -0.15) is 0 Å². The van der Waals surface area contributed by atoms with Gasteiger partial charge in [0.15, 0.2) is 0 Å². The summed E-state index contributed by atoms with van der Waals surface area (Å²) in [4.78, 5) is 21.8. The van der Waals surface area contributed by atoms with Crippen molar-refractivity contribution in [3.05, 3.63) is 36.9 Å². The van der Waals surface area contributed by atoms with Crippen LogP contribution in [-0.4, -0.2) is 26.0 Å². The summed E-state index contributed by atoms with van der Waals surface area (Å²) in [5, 5.41) is 0. The van der Waals surface area contributed by atoms with Gasteiger partial charge in [0.1, 0.15) is 11.5 Å². The molecular formula is C12H12O6. The number of carbonyl (C=O) groups excluding carboxylic acids is 2. The molecule has 0 fully saturated rings. The topological polar surface area (TPSA) is 71.1 Å². The lowest BCUT2D eigenvalue weighted by Crippen LogP contribution is -2.14. The predicted octanol–water partition coefficient (Wildman–Crippen LogP) is 1.90. The summed E-state index contributed by atoms with van der Waals surface area (Å²) < 4.78 is 18.7. The maximum atomic E-state index is 11.1. The molecule has 0 aromatic heterocycles. The highest BCUT2D eigenvalue weighted by Crippen LogP contribution is 2.17. The molecule has 0 atom stereocenters. The molecule has 6 nitrogen and oxygen atoms in total. The smallest absolute Gasteiger partial charge is 0.497 e. The lowest BCUT2D eigenvalue weighted by molar-refractivity contribution is -0.146. The quantitative estimate of drug-likeness (QED) is 0.345. The Kier molecular flexibility index (Phi) is 5.24. The molecule has 0 aliphatic heterocycles. The number of benzene rings is 1. The standard InChI is InChI=1S/C12H12O6/c1-3-11(13)16-8-17-12(14)18-10-6-4-9(15-2)5-7-10/h3-7H,1,8H2,2H3. The Morgan fingerprint density at radius 1 is 1.17 bits per heavy atom. The molecule has 1 rings (SSSR count). The molecule has 0 heterocycles. The van der Waals surface area contributed by atoms with Crippen LogP contribution in [0.2, 0.25) is 0 Å². The summed E-state index contributed by atoms with van der Waals surface area (Å²) in [5.74, 6) is 0.235. The van der Waals surface area contributed by atoms with Gasteiger partial charge >= 0.3 is 12.1 Å². The van der Waals surface area contributed by atoms with E-state index in [4.69, 9.17) is 9.47 Å².